The second-order valence-electron chi connectivity index (χ2n) is 4.64. The fourth-order valence-corrected chi connectivity index (χ4v) is 2.17. The zero-order valence-corrected chi connectivity index (χ0v) is 12.1. The molecule has 0 saturated carbocycles. The van der Waals surface area contributed by atoms with Gasteiger partial charge in [0.15, 0.2) is 5.79 Å². The van der Waals surface area contributed by atoms with E-state index in [1.54, 1.807) is 0 Å². The minimum Gasteiger partial charge on any atom is -0.489 e. The molecular formula is C13H13Cl2NO3. The van der Waals surface area contributed by atoms with Gasteiger partial charge in [-0.15, -0.1) is 0 Å². The summed E-state index contributed by atoms with van der Waals surface area (Å²) in [6, 6.07) is 4.97. The van der Waals surface area contributed by atoms with Gasteiger partial charge in [-0.3, -0.25) is 0 Å². The first-order valence-corrected chi connectivity index (χ1v) is 6.50. The summed E-state index contributed by atoms with van der Waals surface area (Å²) < 4.78 is 16.6. The van der Waals surface area contributed by atoms with E-state index in [1.807, 2.05) is 19.9 Å². The number of benzene rings is 1. The van der Waals surface area contributed by atoms with E-state index in [0.717, 1.165) is 0 Å². The van der Waals surface area contributed by atoms with Crippen LogP contribution in [0, 0.1) is 11.3 Å². The lowest BCUT2D eigenvalue weighted by molar-refractivity contribution is -0.141. The summed E-state index contributed by atoms with van der Waals surface area (Å²) in [5.74, 6) is -0.154. The SMILES string of the molecule is CC1(C)OC[C@@H](COc2cc(Cl)c(C#N)cc2Cl)O1. The molecule has 4 nitrogen and oxygen atoms in total. The van der Waals surface area contributed by atoms with Gasteiger partial charge in [0.1, 0.15) is 24.5 Å². The van der Waals surface area contributed by atoms with Crippen LogP contribution in [0.2, 0.25) is 10.0 Å². The van der Waals surface area contributed by atoms with Crippen molar-refractivity contribution >= 4 is 23.2 Å². The maximum atomic E-state index is 8.82. The number of rotatable bonds is 3. The van der Waals surface area contributed by atoms with Gasteiger partial charge in [-0.25, -0.2) is 0 Å². The molecule has 2 rings (SSSR count). The number of nitrogens with zero attached hydrogens (tertiary/aromatic N) is 1. The summed E-state index contributed by atoms with van der Waals surface area (Å²) >= 11 is 11.9. The lowest BCUT2D eigenvalue weighted by Gasteiger charge is -2.17. The molecule has 0 amide bonds. The third-order valence-electron chi connectivity index (χ3n) is 2.63. The van der Waals surface area contributed by atoms with Gasteiger partial charge in [0.25, 0.3) is 0 Å². The van der Waals surface area contributed by atoms with Crippen LogP contribution < -0.4 is 4.74 Å². The van der Waals surface area contributed by atoms with E-state index in [2.05, 4.69) is 0 Å². The van der Waals surface area contributed by atoms with Crippen LogP contribution in [0.3, 0.4) is 0 Å². The Morgan fingerprint density at radius 3 is 2.74 bits per heavy atom. The van der Waals surface area contributed by atoms with Crippen LogP contribution >= 0.6 is 23.2 Å². The highest BCUT2D eigenvalue weighted by atomic mass is 35.5. The van der Waals surface area contributed by atoms with Gasteiger partial charge in [0, 0.05) is 6.07 Å². The molecule has 1 aliphatic rings. The van der Waals surface area contributed by atoms with Crippen LogP contribution in [0.25, 0.3) is 0 Å². The molecule has 1 atom stereocenters. The van der Waals surface area contributed by atoms with Gasteiger partial charge in [-0.05, 0) is 19.9 Å². The Morgan fingerprint density at radius 2 is 2.16 bits per heavy atom. The molecule has 0 radical (unpaired) electrons. The van der Waals surface area contributed by atoms with Crippen LogP contribution in [-0.2, 0) is 9.47 Å². The predicted molar refractivity (Wildman–Crippen MR) is 71.6 cm³/mol. The molecule has 1 aliphatic heterocycles. The predicted octanol–water partition coefficient (Wildman–Crippen LogP) is 3.40. The van der Waals surface area contributed by atoms with Crippen molar-refractivity contribution in [2.24, 2.45) is 0 Å². The highest BCUT2D eigenvalue weighted by molar-refractivity contribution is 6.35. The molecular weight excluding hydrogens is 289 g/mol. The van der Waals surface area contributed by atoms with Crippen molar-refractivity contribution in [3.63, 3.8) is 0 Å². The molecule has 6 heteroatoms. The summed E-state index contributed by atoms with van der Waals surface area (Å²) in [6.07, 6.45) is -0.152. The largest absolute Gasteiger partial charge is 0.489 e. The molecule has 0 bridgehead atoms. The maximum absolute atomic E-state index is 8.82. The molecule has 1 fully saturated rings. The van der Waals surface area contributed by atoms with Crippen LogP contribution in [-0.4, -0.2) is 25.1 Å². The molecule has 19 heavy (non-hydrogen) atoms. The van der Waals surface area contributed by atoms with Gasteiger partial charge in [0.2, 0.25) is 0 Å². The van der Waals surface area contributed by atoms with E-state index in [-0.39, 0.29) is 6.10 Å². The van der Waals surface area contributed by atoms with Crippen molar-refractivity contribution in [2.75, 3.05) is 13.2 Å². The number of ether oxygens (including phenoxy) is 3. The lowest BCUT2D eigenvalue weighted by atomic mass is 10.2. The van der Waals surface area contributed by atoms with E-state index in [0.29, 0.717) is 34.6 Å². The highest BCUT2D eigenvalue weighted by Gasteiger charge is 2.33. The van der Waals surface area contributed by atoms with E-state index < -0.39 is 5.79 Å². The average Bonchev–Trinajstić information content (AvgIpc) is 2.69. The number of hydrogen-bond acceptors (Lipinski definition) is 4. The van der Waals surface area contributed by atoms with Crippen LogP contribution in [0.1, 0.15) is 19.4 Å². The second kappa shape index (κ2) is 5.56. The van der Waals surface area contributed by atoms with Crippen LogP contribution in [0.15, 0.2) is 12.1 Å². The fraction of sp³-hybridized carbons (Fsp3) is 0.462. The summed E-state index contributed by atoms with van der Waals surface area (Å²) in [7, 11) is 0. The smallest absolute Gasteiger partial charge is 0.163 e. The number of halogens is 2. The highest BCUT2D eigenvalue weighted by Crippen LogP contribution is 2.31. The Morgan fingerprint density at radius 1 is 1.42 bits per heavy atom. The Hall–Kier alpha value is -0.990. The normalized spacial score (nSPS) is 21.1. The Kier molecular flexibility index (Phi) is 4.22. The Labute approximate surface area is 121 Å². The summed E-state index contributed by atoms with van der Waals surface area (Å²) in [5.41, 5.74) is 0.320. The lowest BCUT2D eigenvalue weighted by Crippen LogP contribution is -2.25. The van der Waals surface area contributed by atoms with E-state index in [4.69, 9.17) is 42.7 Å². The van der Waals surface area contributed by atoms with E-state index in [1.165, 1.54) is 12.1 Å². The zero-order chi connectivity index (χ0) is 14.0. The van der Waals surface area contributed by atoms with Gasteiger partial charge < -0.3 is 14.2 Å². The first kappa shape index (κ1) is 14.4. The van der Waals surface area contributed by atoms with Crippen molar-refractivity contribution in [2.45, 2.75) is 25.7 Å². The van der Waals surface area contributed by atoms with Crippen molar-refractivity contribution < 1.29 is 14.2 Å². The average molecular weight is 302 g/mol. The van der Waals surface area contributed by atoms with Crippen molar-refractivity contribution in [3.8, 4) is 11.8 Å². The van der Waals surface area contributed by atoms with E-state index in [9.17, 15) is 0 Å². The molecule has 1 saturated heterocycles. The first-order valence-electron chi connectivity index (χ1n) is 5.75. The minimum atomic E-state index is -0.583. The maximum Gasteiger partial charge on any atom is 0.163 e. The summed E-state index contributed by atoms with van der Waals surface area (Å²) in [4.78, 5) is 0. The molecule has 0 aliphatic carbocycles. The Bertz CT molecular complexity index is 525. The van der Waals surface area contributed by atoms with Gasteiger partial charge in [0.05, 0.1) is 22.2 Å². The summed E-state index contributed by atoms with van der Waals surface area (Å²) in [5, 5.41) is 9.48. The van der Waals surface area contributed by atoms with Gasteiger partial charge in [-0.1, -0.05) is 23.2 Å². The number of nitriles is 1. The fourth-order valence-electron chi connectivity index (χ4n) is 1.75. The molecule has 102 valence electrons. The van der Waals surface area contributed by atoms with E-state index >= 15 is 0 Å². The molecule has 1 aromatic rings. The molecule has 1 aromatic carbocycles. The molecule has 0 spiro atoms. The van der Waals surface area contributed by atoms with Crippen molar-refractivity contribution in [1.29, 1.82) is 5.26 Å². The zero-order valence-electron chi connectivity index (χ0n) is 10.6. The van der Waals surface area contributed by atoms with Gasteiger partial charge in [-0.2, -0.15) is 5.26 Å². The molecule has 0 unspecified atom stereocenters. The Balaban J connectivity index is 2.01. The third-order valence-corrected chi connectivity index (χ3v) is 3.24. The van der Waals surface area contributed by atoms with Crippen molar-refractivity contribution in [3.05, 3.63) is 27.7 Å². The minimum absolute atomic E-state index is 0.152. The monoisotopic (exact) mass is 301 g/mol. The molecule has 0 aromatic heterocycles. The van der Waals surface area contributed by atoms with Crippen LogP contribution in [0.5, 0.6) is 5.75 Å². The first-order chi connectivity index (χ1) is 8.91. The standard InChI is InChI=1S/C13H13Cl2NO3/c1-13(2)18-7-9(19-13)6-17-12-4-10(14)8(5-16)3-11(12)15/h3-4,9H,6-7H2,1-2H3/t9-/m1/s1. The third kappa shape index (κ3) is 3.52. The quantitative estimate of drug-likeness (QED) is 0.858. The second-order valence-corrected chi connectivity index (χ2v) is 5.45. The summed E-state index contributed by atoms with van der Waals surface area (Å²) in [6.45, 7) is 4.47. The van der Waals surface area contributed by atoms with Crippen molar-refractivity contribution in [1.82, 2.24) is 0 Å². The molecule has 0 N–H and O–H groups in total. The van der Waals surface area contributed by atoms with Gasteiger partial charge >= 0.3 is 0 Å². The molecule has 1 heterocycles. The topological polar surface area (TPSA) is 51.5 Å². The number of hydrogen-bond donors (Lipinski definition) is 0. The van der Waals surface area contributed by atoms with Crippen LogP contribution in [0.4, 0.5) is 0 Å².